The molecule has 1 aliphatic carbocycles. The Balaban J connectivity index is 2.17. The number of benzene rings is 1. The van der Waals surface area contributed by atoms with Crippen molar-refractivity contribution < 1.29 is 4.39 Å². The Labute approximate surface area is 103 Å². The van der Waals surface area contributed by atoms with Gasteiger partial charge in [-0.25, -0.2) is 4.39 Å². The van der Waals surface area contributed by atoms with Gasteiger partial charge in [-0.05, 0) is 36.3 Å². The van der Waals surface area contributed by atoms with Crippen LogP contribution in [0.3, 0.4) is 0 Å². The summed E-state index contributed by atoms with van der Waals surface area (Å²) in [6.45, 7) is 4.45. The van der Waals surface area contributed by atoms with Crippen LogP contribution in [0.5, 0.6) is 0 Å². The van der Waals surface area contributed by atoms with Crippen LogP contribution in [0.2, 0.25) is 0 Å². The van der Waals surface area contributed by atoms with E-state index in [2.05, 4.69) is 19.9 Å². The van der Waals surface area contributed by atoms with Crippen LogP contribution in [0.15, 0.2) is 35.9 Å². The number of allylic oxidation sites excluding steroid dienone is 1. The van der Waals surface area contributed by atoms with E-state index in [4.69, 9.17) is 5.73 Å². The van der Waals surface area contributed by atoms with Crippen molar-refractivity contribution in [2.45, 2.75) is 39.2 Å². The first-order valence-electron chi connectivity index (χ1n) is 6.15. The van der Waals surface area contributed by atoms with Gasteiger partial charge in [-0.1, -0.05) is 43.7 Å². The van der Waals surface area contributed by atoms with Gasteiger partial charge in [0.05, 0.1) is 0 Å². The first-order valence-corrected chi connectivity index (χ1v) is 6.15. The minimum Gasteiger partial charge on any atom is -0.324 e. The van der Waals surface area contributed by atoms with E-state index in [-0.39, 0.29) is 17.3 Å². The van der Waals surface area contributed by atoms with E-state index in [1.807, 2.05) is 12.1 Å². The summed E-state index contributed by atoms with van der Waals surface area (Å²) in [4.78, 5) is 0. The van der Waals surface area contributed by atoms with Gasteiger partial charge in [0.15, 0.2) is 0 Å². The molecule has 0 bridgehead atoms. The van der Waals surface area contributed by atoms with Crippen molar-refractivity contribution >= 4 is 0 Å². The molecule has 1 unspecified atom stereocenters. The minimum atomic E-state index is -0.120. The van der Waals surface area contributed by atoms with Crippen LogP contribution >= 0.6 is 0 Å². The van der Waals surface area contributed by atoms with E-state index < -0.39 is 0 Å². The third-order valence-electron chi connectivity index (χ3n) is 3.32. The van der Waals surface area contributed by atoms with Crippen LogP contribution in [-0.2, 0) is 6.42 Å². The van der Waals surface area contributed by atoms with Crippen molar-refractivity contribution in [1.29, 1.82) is 0 Å². The number of rotatable bonds is 2. The lowest BCUT2D eigenvalue weighted by molar-refractivity contribution is 0.299. The van der Waals surface area contributed by atoms with Gasteiger partial charge in [0.1, 0.15) is 5.82 Å². The van der Waals surface area contributed by atoms with Gasteiger partial charge < -0.3 is 5.73 Å². The fraction of sp³-hybridized carbons (Fsp3) is 0.467. The standard InChI is InChI=1S/C15H20FN/c1-15(2)9-11(8-13(17)10-15)7-12-5-3-4-6-14(12)16/h3-6,8,13H,7,9-10,17H2,1-2H3. The van der Waals surface area contributed by atoms with Crippen LogP contribution in [0.25, 0.3) is 0 Å². The topological polar surface area (TPSA) is 26.0 Å². The predicted molar refractivity (Wildman–Crippen MR) is 69.2 cm³/mol. The molecule has 0 spiro atoms. The summed E-state index contributed by atoms with van der Waals surface area (Å²) in [5, 5.41) is 0. The SMILES string of the molecule is CC1(C)CC(Cc2ccccc2F)=CC(N)C1. The van der Waals surface area contributed by atoms with Crippen molar-refractivity contribution in [3.05, 3.63) is 47.3 Å². The molecule has 17 heavy (non-hydrogen) atoms. The molecule has 1 aromatic rings. The highest BCUT2D eigenvalue weighted by Crippen LogP contribution is 2.36. The first-order chi connectivity index (χ1) is 7.96. The highest BCUT2D eigenvalue weighted by molar-refractivity contribution is 5.26. The third-order valence-corrected chi connectivity index (χ3v) is 3.32. The molecule has 0 heterocycles. The molecule has 0 saturated heterocycles. The average molecular weight is 233 g/mol. The summed E-state index contributed by atoms with van der Waals surface area (Å²) in [6, 6.07) is 7.09. The Bertz CT molecular complexity index is 434. The lowest BCUT2D eigenvalue weighted by Crippen LogP contribution is -2.31. The summed E-state index contributed by atoms with van der Waals surface area (Å²) in [6.07, 6.45) is 4.81. The molecule has 92 valence electrons. The van der Waals surface area contributed by atoms with Crippen molar-refractivity contribution in [2.75, 3.05) is 0 Å². The average Bonchev–Trinajstić information content (AvgIpc) is 2.18. The maximum atomic E-state index is 13.6. The molecule has 2 rings (SSSR count). The Kier molecular flexibility index (Phi) is 3.34. The smallest absolute Gasteiger partial charge is 0.126 e. The number of nitrogens with two attached hydrogens (primary N) is 1. The molecule has 0 amide bonds. The van der Waals surface area contributed by atoms with Crippen LogP contribution in [-0.4, -0.2) is 6.04 Å². The lowest BCUT2D eigenvalue weighted by Gasteiger charge is -2.33. The first kappa shape index (κ1) is 12.3. The Morgan fingerprint density at radius 2 is 2.06 bits per heavy atom. The second-order valence-corrected chi connectivity index (χ2v) is 5.80. The second kappa shape index (κ2) is 4.61. The van der Waals surface area contributed by atoms with E-state index in [1.165, 1.54) is 11.6 Å². The largest absolute Gasteiger partial charge is 0.324 e. The monoisotopic (exact) mass is 233 g/mol. The van der Waals surface area contributed by atoms with Crippen molar-refractivity contribution in [3.8, 4) is 0 Å². The fourth-order valence-electron chi connectivity index (χ4n) is 2.75. The molecule has 2 heteroatoms. The third kappa shape index (κ3) is 3.16. The van der Waals surface area contributed by atoms with Gasteiger partial charge in [0.2, 0.25) is 0 Å². The lowest BCUT2D eigenvalue weighted by atomic mass is 9.74. The zero-order valence-corrected chi connectivity index (χ0v) is 10.5. The maximum absolute atomic E-state index is 13.6. The molecule has 1 atom stereocenters. The summed E-state index contributed by atoms with van der Waals surface area (Å²) in [7, 11) is 0. The molecular formula is C15H20FN. The van der Waals surface area contributed by atoms with Crippen LogP contribution in [0.1, 0.15) is 32.3 Å². The van der Waals surface area contributed by atoms with E-state index in [0.29, 0.717) is 6.42 Å². The van der Waals surface area contributed by atoms with Crippen molar-refractivity contribution in [3.63, 3.8) is 0 Å². The summed E-state index contributed by atoms with van der Waals surface area (Å²) in [5.41, 5.74) is 8.28. The van der Waals surface area contributed by atoms with Crippen LogP contribution in [0.4, 0.5) is 4.39 Å². The van der Waals surface area contributed by atoms with Gasteiger partial charge in [-0.3, -0.25) is 0 Å². The molecule has 1 aliphatic rings. The van der Waals surface area contributed by atoms with Gasteiger partial charge in [0, 0.05) is 6.04 Å². The molecule has 0 fully saturated rings. The summed E-state index contributed by atoms with van der Waals surface area (Å²) >= 11 is 0. The summed E-state index contributed by atoms with van der Waals surface area (Å²) in [5.74, 6) is -0.120. The molecule has 0 aliphatic heterocycles. The molecule has 0 aromatic heterocycles. The van der Waals surface area contributed by atoms with Gasteiger partial charge >= 0.3 is 0 Å². The molecule has 1 nitrogen and oxygen atoms in total. The van der Waals surface area contributed by atoms with E-state index in [0.717, 1.165) is 18.4 Å². The Morgan fingerprint density at radius 1 is 1.35 bits per heavy atom. The number of hydrogen-bond donors (Lipinski definition) is 1. The van der Waals surface area contributed by atoms with Gasteiger partial charge in [-0.15, -0.1) is 0 Å². The molecular weight excluding hydrogens is 213 g/mol. The Morgan fingerprint density at radius 3 is 2.71 bits per heavy atom. The second-order valence-electron chi connectivity index (χ2n) is 5.80. The highest BCUT2D eigenvalue weighted by atomic mass is 19.1. The van der Waals surface area contributed by atoms with Gasteiger partial charge in [-0.2, -0.15) is 0 Å². The number of hydrogen-bond acceptors (Lipinski definition) is 1. The number of halogens is 1. The quantitative estimate of drug-likeness (QED) is 0.778. The molecule has 0 radical (unpaired) electrons. The van der Waals surface area contributed by atoms with Crippen molar-refractivity contribution in [1.82, 2.24) is 0 Å². The predicted octanol–water partition coefficient (Wildman–Crippen LogP) is 3.44. The van der Waals surface area contributed by atoms with E-state index >= 15 is 0 Å². The summed E-state index contributed by atoms with van der Waals surface area (Å²) < 4.78 is 13.6. The molecule has 1 aromatic carbocycles. The van der Waals surface area contributed by atoms with Gasteiger partial charge in [0.25, 0.3) is 0 Å². The zero-order valence-electron chi connectivity index (χ0n) is 10.5. The van der Waals surface area contributed by atoms with Crippen LogP contribution in [0, 0.1) is 11.2 Å². The zero-order chi connectivity index (χ0) is 12.5. The van der Waals surface area contributed by atoms with E-state index in [9.17, 15) is 4.39 Å². The normalized spacial score (nSPS) is 23.3. The fourth-order valence-corrected chi connectivity index (χ4v) is 2.75. The Hall–Kier alpha value is -1.15. The van der Waals surface area contributed by atoms with Crippen LogP contribution < -0.4 is 5.73 Å². The van der Waals surface area contributed by atoms with E-state index in [1.54, 1.807) is 6.07 Å². The maximum Gasteiger partial charge on any atom is 0.126 e. The molecule has 0 saturated carbocycles. The highest BCUT2D eigenvalue weighted by Gasteiger charge is 2.26. The minimum absolute atomic E-state index is 0.112. The van der Waals surface area contributed by atoms with Crippen molar-refractivity contribution in [2.24, 2.45) is 11.1 Å². The molecule has 2 N–H and O–H groups in total.